The maximum absolute atomic E-state index is 14.9. The van der Waals surface area contributed by atoms with Crippen molar-refractivity contribution < 1.29 is 35.9 Å². The number of carbonyl (C=O) groups is 1. The number of benzene rings is 2. The summed E-state index contributed by atoms with van der Waals surface area (Å²) in [6.45, 7) is 7.55. The fraction of sp³-hybridized carbons (Fsp3) is 0.500. The number of fused-ring (bicyclic) bond motifs is 4. The van der Waals surface area contributed by atoms with Crippen LogP contribution in [0.2, 0.25) is 0 Å². The van der Waals surface area contributed by atoms with Crippen LogP contribution in [-0.2, 0) is 26.0 Å². The Bertz CT molecular complexity index is 1790. The summed E-state index contributed by atoms with van der Waals surface area (Å²) in [7, 11) is -2.55. The van der Waals surface area contributed by atoms with E-state index < -0.39 is 33.1 Å². The van der Waals surface area contributed by atoms with Gasteiger partial charge < -0.3 is 14.4 Å². The van der Waals surface area contributed by atoms with Crippen molar-refractivity contribution in [2.75, 3.05) is 43.9 Å². The minimum Gasteiger partial charge on any atom is -0.469 e. The Hall–Kier alpha value is -3.38. The SMILES string of the molecule is CCN1CCCc2cc3c(cc21)Oc1cc2c(cc1=C3C(F)(F)F)C(CS(=O)(=O)N1CCC(C(=O)OC)CC1)=CC(C)(C)N=2. The molecule has 1 fully saturated rings. The Kier molecular flexibility index (Phi) is 7.59. The zero-order valence-corrected chi connectivity index (χ0v) is 26.1. The van der Waals surface area contributed by atoms with Crippen molar-refractivity contribution in [2.45, 2.75) is 58.2 Å². The molecule has 8 nitrogen and oxygen atoms in total. The van der Waals surface area contributed by atoms with Crippen LogP contribution < -0.4 is 20.2 Å². The average Bonchev–Trinajstić information content (AvgIpc) is 2.96. The molecule has 2 aromatic carbocycles. The van der Waals surface area contributed by atoms with Gasteiger partial charge in [0.1, 0.15) is 11.5 Å². The van der Waals surface area contributed by atoms with E-state index >= 15 is 0 Å². The molecule has 44 heavy (non-hydrogen) atoms. The molecule has 0 spiro atoms. The van der Waals surface area contributed by atoms with Crippen LogP contribution in [0.25, 0.3) is 11.1 Å². The Morgan fingerprint density at radius 2 is 1.82 bits per heavy atom. The Balaban J connectivity index is 1.44. The number of ether oxygens (including phenoxy) is 2. The summed E-state index contributed by atoms with van der Waals surface area (Å²) in [5.41, 5.74) is 0.842. The van der Waals surface area contributed by atoms with Crippen molar-refractivity contribution in [2.24, 2.45) is 10.9 Å². The molecule has 0 aliphatic carbocycles. The maximum atomic E-state index is 14.9. The van der Waals surface area contributed by atoms with Gasteiger partial charge in [-0.05, 0) is 69.7 Å². The monoisotopic (exact) mass is 631 g/mol. The number of hydrogen-bond acceptors (Lipinski definition) is 7. The number of hydrogen-bond donors (Lipinski definition) is 0. The predicted molar refractivity (Wildman–Crippen MR) is 161 cm³/mol. The predicted octanol–water partition coefficient (Wildman–Crippen LogP) is 4.34. The molecule has 12 heteroatoms. The second-order valence-electron chi connectivity index (χ2n) is 12.4. The largest absolute Gasteiger partial charge is 0.469 e. The first kappa shape index (κ1) is 30.6. The minimum absolute atomic E-state index is 0.0126. The second kappa shape index (κ2) is 10.9. The number of anilines is 1. The van der Waals surface area contributed by atoms with Crippen molar-refractivity contribution in [3.05, 3.63) is 57.6 Å². The Morgan fingerprint density at radius 3 is 2.48 bits per heavy atom. The van der Waals surface area contributed by atoms with Crippen LogP contribution in [-0.4, -0.2) is 69.4 Å². The number of halogens is 3. The van der Waals surface area contributed by atoms with Crippen molar-refractivity contribution in [1.82, 2.24) is 4.31 Å². The highest BCUT2D eigenvalue weighted by atomic mass is 32.2. The van der Waals surface area contributed by atoms with E-state index in [1.807, 2.05) is 20.8 Å². The summed E-state index contributed by atoms with van der Waals surface area (Å²) < 4.78 is 84.2. The fourth-order valence-electron chi connectivity index (χ4n) is 6.86. The molecular formula is C32H36F3N3O5S. The van der Waals surface area contributed by atoms with E-state index in [1.54, 1.807) is 18.2 Å². The first-order valence-electron chi connectivity index (χ1n) is 14.9. The summed E-state index contributed by atoms with van der Waals surface area (Å²) in [6.07, 6.45) is -0.767. The van der Waals surface area contributed by atoms with Crippen LogP contribution in [0.1, 0.15) is 56.7 Å². The van der Waals surface area contributed by atoms with Gasteiger partial charge in [-0.25, -0.2) is 12.7 Å². The lowest BCUT2D eigenvalue weighted by Gasteiger charge is -2.33. The third-order valence-electron chi connectivity index (χ3n) is 8.92. The molecule has 236 valence electrons. The molecule has 6 rings (SSSR count). The third kappa shape index (κ3) is 5.51. The van der Waals surface area contributed by atoms with E-state index in [0.717, 1.165) is 30.8 Å². The average molecular weight is 632 g/mol. The van der Waals surface area contributed by atoms with Gasteiger partial charge in [-0.15, -0.1) is 0 Å². The first-order valence-corrected chi connectivity index (χ1v) is 16.5. The molecule has 0 unspecified atom stereocenters. The van der Waals surface area contributed by atoms with Gasteiger partial charge in [0.25, 0.3) is 0 Å². The van der Waals surface area contributed by atoms with E-state index in [1.165, 1.54) is 23.5 Å². The first-order chi connectivity index (χ1) is 20.7. The highest BCUT2D eigenvalue weighted by Gasteiger charge is 2.41. The Labute approximate surface area is 254 Å². The van der Waals surface area contributed by atoms with Crippen molar-refractivity contribution in [1.29, 1.82) is 0 Å². The maximum Gasteiger partial charge on any atom is 0.417 e. The number of sulfonamides is 1. The third-order valence-corrected chi connectivity index (χ3v) is 10.7. The Morgan fingerprint density at radius 1 is 1.09 bits per heavy atom. The molecule has 0 aromatic heterocycles. The van der Waals surface area contributed by atoms with E-state index in [9.17, 15) is 26.4 Å². The van der Waals surface area contributed by atoms with Gasteiger partial charge in [0.15, 0.2) is 0 Å². The quantitative estimate of drug-likeness (QED) is 0.457. The highest BCUT2D eigenvalue weighted by Crippen LogP contribution is 2.45. The van der Waals surface area contributed by atoms with Crippen LogP contribution >= 0.6 is 0 Å². The molecule has 0 atom stereocenters. The summed E-state index contributed by atoms with van der Waals surface area (Å²) in [6, 6.07) is 6.20. The number of esters is 1. The molecule has 1 saturated heterocycles. The van der Waals surface area contributed by atoms with Crippen molar-refractivity contribution >= 4 is 32.8 Å². The van der Waals surface area contributed by atoms with E-state index in [4.69, 9.17) is 14.5 Å². The number of aryl methyl sites for hydroxylation is 1. The number of rotatable bonds is 5. The number of alkyl halides is 3. The molecule has 0 saturated carbocycles. The van der Waals surface area contributed by atoms with E-state index in [2.05, 4.69) is 4.90 Å². The lowest BCUT2D eigenvalue weighted by Crippen LogP contribution is -2.42. The molecule has 0 amide bonds. The minimum atomic E-state index is -4.69. The molecule has 4 heterocycles. The van der Waals surface area contributed by atoms with Crippen LogP contribution in [0, 0.1) is 5.92 Å². The van der Waals surface area contributed by atoms with Crippen LogP contribution in [0.4, 0.5) is 18.9 Å². The number of nitrogens with zero attached hydrogens (tertiary/aromatic N) is 3. The molecule has 0 bridgehead atoms. The summed E-state index contributed by atoms with van der Waals surface area (Å²) in [4.78, 5) is 18.8. The van der Waals surface area contributed by atoms with Gasteiger partial charge in [0, 0.05) is 60.3 Å². The molecule has 4 aliphatic rings. The standard InChI is InChI=1S/C32H36F3N3O5S/c1-5-37-10-6-7-20-13-23-28(16-26(20)37)43-27-15-25-22(14-24(27)29(23)32(33,34)35)21(17-31(2,3)36-25)18-44(40,41)38-11-8-19(9-12-38)30(39)42-4/h13-17,19H,5-12,18H2,1-4H3. The molecule has 0 N–H and O–H groups in total. The fourth-order valence-corrected chi connectivity index (χ4v) is 8.44. The van der Waals surface area contributed by atoms with E-state index in [0.29, 0.717) is 35.8 Å². The summed E-state index contributed by atoms with van der Waals surface area (Å²) in [5, 5.41) is 0.243. The lowest BCUT2D eigenvalue weighted by molar-refractivity contribution is -0.146. The summed E-state index contributed by atoms with van der Waals surface area (Å²) in [5.74, 6) is -0.939. The number of piperidine rings is 1. The topological polar surface area (TPSA) is 88.5 Å². The zero-order chi connectivity index (χ0) is 31.6. The zero-order valence-electron chi connectivity index (χ0n) is 25.3. The van der Waals surface area contributed by atoms with Gasteiger partial charge in [0.05, 0.1) is 35.2 Å². The lowest BCUT2D eigenvalue weighted by atomic mass is 9.89. The molecule has 2 aromatic rings. The smallest absolute Gasteiger partial charge is 0.417 e. The number of methoxy groups -OCH3 is 1. The van der Waals surface area contributed by atoms with Crippen molar-refractivity contribution in [3.8, 4) is 11.5 Å². The molecule has 4 aliphatic heterocycles. The van der Waals surface area contributed by atoms with Crippen LogP contribution in [0.5, 0.6) is 11.5 Å². The summed E-state index contributed by atoms with van der Waals surface area (Å²) >= 11 is 0. The second-order valence-corrected chi connectivity index (χ2v) is 14.4. The van der Waals surface area contributed by atoms with Crippen molar-refractivity contribution in [3.63, 3.8) is 0 Å². The van der Waals surface area contributed by atoms with E-state index in [-0.39, 0.29) is 47.3 Å². The van der Waals surface area contributed by atoms with Crippen LogP contribution in [0.3, 0.4) is 0 Å². The van der Waals surface area contributed by atoms with Gasteiger partial charge in [-0.3, -0.25) is 9.79 Å². The van der Waals surface area contributed by atoms with Gasteiger partial charge in [-0.1, -0.05) is 6.08 Å². The normalized spacial score (nSPS) is 19.9. The highest BCUT2D eigenvalue weighted by molar-refractivity contribution is 7.89. The van der Waals surface area contributed by atoms with Crippen LogP contribution in [0.15, 0.2) is 35.3 Å². The van der Waals surface area contributed by atoms with Gasteiger partial charge >= 0.3 is 12.1 Å². The number of carbonyl (C=O) groups excluding carboxylic acids is 1. The van der Waals surface area contributed by atoms with Gasteiger partial charge in [-0.2, -0.15) is 13.2 Å². The molecule has 0 radical (unpaired) electrons. The van der Waals surface area contributed by atoms with Gasteiger partial charge in [0.2, 0.25) is 10.0 Å². The molecular weight excluding hydrogens is 595 g/mol.